The van der Waals surface area contributed by atoms with Gasteiger partial charge in [0.15, 0.2) is 0 Å². The number of benzene rings is 1. The van der Waals surface area contributed by atoms with Crippen molar-refractivity contribution >= 4 is 5.91 Å². The molecule has 1 fully saturated rings. The lowest BCUT2D eigenvalue weighted by molar-refractivity contribution is -0.210. The zero-order valence-corrected chi connectivity index (χ0v) is 14.3. The van der Waals surface area contributed by atoms with Gasteiger partial charge in [-0.25, -0.2) is 5.06 Å². The maximum Gasteiger partial charge on any atom is 0.252 e. The van der Waals surface area contributed by atoms with Gasteiger partial charge >= 0.3 is 0 Å². The molecule has 0 radical (unpaired) electrons. The standard InChI is InChI=1S/C18H27NO3/c1-17(2,3)18(16(20)19(4)21-5)11-15(12-18)22-13-14-9-7-6-8-10-14/h6-10,15H,11-13H2,1-5H3. The van der Waals surface area contributed by atoms with Crippen LogP contribution in [0.3, 0.4) is 0 Å². The van der Waals surface area contributed by atoms with Crippen LogP contribution in [0.2, 0.25) is 0 Å². The molecule has 0 bridgehead atoms. The van der Waals surface area contributed by atoms with Crippen LogP contribution in [0.25, 0.3) is 0 Å². The minimum atomic E-state index is -0.404. The lowest BCUT2D eigenvalue weighted by Gasteiger charge is -2.54. The zero-order chi connectivity index (χ0) is 16.4. The minimum Gasteiger partial charge on any atom is -0.373 e. The molecule has 1 aliphatic carbocycles. The number of hydrogen-bond acceptors (Lipinski definition) is 3. The first-order chi connectivity index (χ1) is 10.3. The lowest BCUT2D eigenvalue weighted by atomic mass is 9.53. The van der Waals surface area contributed by atoms with E-state index in [1.165, 1.54) is 12.2 Å². The molecule has 1 aliphatic rings. The normalized spacial score (nSPS) is 24.7. The molecule has 0 N–H and O–H groups in total. The molecule has 0 spiro atoms. The topological polar surface area (TPSA) is 38.8 Å². The van der Waals surface area contributed by atoms with Gasteiger partial charge in [-0.05, 0) is 23.8 Å². The molecule has 0 aromatic heterocycles. The van der Waals surface area contributed by atoms with Gasteiger partial charge in [-0.3, -0.25) is 9.63 Å². The largest absolute Gasteiger partial charge is 0.373 e. The van der Waals surface area contributed by atoms with Crippen molar-refractivity contribution in [3.05, 3.63) is 35.9 Å². The van der Waals surface area contributed by atoms with E-state index < -0.39 is 5.41 Å². The molecule has 22 heavy (non-hydrogen) atoms. The van der Waals surface area contributed by atoms with Crippen molar-refractivity contribution in [3.63, 3.8) is 0 Å². The Kier molecular flexibility index (Phi) is 4.93. The summed E-state index contributed by atoms with van der Waals surface area (Å²) >= 11 is 0. The first-order valence-corrected chi connectivity index (χ1v) is 7.78. The number of carbonyl (C=O) groups excluding carboxylic acids is 1. The summed E-state index contributed by atoms with van der Waals surface area (Å²) in [6.07, 6.45) is 1.62. The summed E-state index contributed by atoms with van der Waals surface area (Å²) in [6.45, 7) is 6.94. The van der Waals surface area contributed by atoms with E-state index >= 15 is 0 Å². The average Bonchev–Trinajstić information content (AvgIpc) is 2.44. The fraction of sp³-hybridized carbons (Fsp3) is 0.611. The van der Waals surface area contributed by atoms with Gasteiger partial charge in [-0.15, -0.1) is 0 Å². The van der Waals surface area contributed by atoms with Crippen molar-refractivity contribution in [1.82, 2.24) is 5.06 Å². The Balaban J connectivity index is 1.98. The molecule has 1 aromatic rings. The van der Waals surface area contributed by atoms with Crippen LogP contribution in [0.4, 0.5) is 0 Å². The Bertz CT molecular complexity index is 501. The highest BCUT2D eigenvalue weighted by atomic mass is 16.7. The molecule has 0 aliphatic heterocycles. The maximum atomic E-state index is 12.7. The third kappa shape index (κ3) is 3.18. The highest BCUT2D eigenvalue weighted by Gasteiger charge is 2.58. The van der Waals surface area contributed by atoms with Crippen molar-refractivity contribution in [1.29, 1.82) is 0 Å². The second-order valence-electron chi connectivity index (χ2n) is 7.14. The smallest absolute Gasteiger partial charge is 0.252 e. The summed E-state index contributed by atoms with van der Waals surface area (Å²) < 4.78 is 5.97. The van der Waals surface area contributed by atoms with E-state index in [1.807, 2.05) is 18.2 Å². The highest BCUT2D eigenvalue weighted by Crippen LogP contribution is 2.55. The van der Waals surface area contributed by atoms with Crippen LogP contribution in [0.15, 0.2) is 30.3 Å². The molecule has 0 saturated heterocycles. The highest BCUT2D eigenvalue weighted by molar-refractivity contribution is 5.83. The molecule has 1 amide bonds. The maximum absolute atomic E-state index is 12.7. The molecule has 1 saturated carbocycles. The molecule has 1 aromatic carbocycles. The van der Waals surface area contributed by atoms with E-state index in [1.54, 1.807) is 7.05 Å². The summed E-state index contributed by atoms with van der Waals surface area (Å²) in [5, 5.41) is 1.35. The Hall–Kier alpha value is -1.39. The Morgan fingerprint density at radius 3 is 2.36 bits per heavy atom. The van der Waals surface area contributed by atoms with Gasteiger partial charge in [0.1, 0.15) is 0 Å². The van der Waals surface area contributed by atoms with Crippen LogP contribution in [-0.2, 0) is 21.0 Å². The van der Waals surface area contributed by atoms with E-state index in [4.69, 9.17) is 9.57 Å². The summed E-state index contributed by atoms with van der Waals surface area (Å²) in [6, 6.07) is 10.1. The third-order valence-corrected chi connectivity index (χ3v) is 4.89. The molecule has 4 heteroatoms. The number of hydrogen-bond donors (Lipinski definition) is 0. The minimum absolute atomic E-state index is 0.0436. The molecule has 0 heterocycles. The predicted octanol–water partition coefficient (Wildman–Crippen LogP) is 3.42. The van der Waals surface area contributed by atoms with Crippen molar-refractivity contribution < 1.29 is 14.4 Å². The first-order valence-electron chi connectivity index (χ1n) is 7.78. The van der Waals surface area contributed by atoms with Gasteiger partial charge < -0.3 is 4.74 Å². The summed E-state index contributed by atoms with van der Waals surface area (Å²) in [4.78, 5) is 17.8. The van der Waals surface area contributed by atoms with Crippen LogP contribution >= 0.6 is 0 Å². The van der Waals surface area contributed by atoms with E-state index in [0.29, 0.717) is 6.61 Å². The number of hydroxylamine groups is 2. The monoisotopic (exact) mass is 305 g/mol. The van der Waals surface area contributed by atoms with Gasteiger partial charge in [0.2, 0.25) is 0 Å². The van der Waals surface area contributed by atoms with Crippen molar-refractivity contribution in [3.8, 4) is 0 Å². The molecule has 122 valence electrons. The lowest BCUT2D eigenvalue weighted by Crippen LogP contribution is -2.59. The fourth-order valence-corrected chi connectivity index (χ4v) is 3.12. The fourth-order valence-electron chi connectivity index (χ4n) is 3.12. The van der Waals surface area contributed by atoms with Crippen LogP contribution in [0.1, 0.15) is 39.2 Å². The van der Waals surface area contributed by atoms with Crippen LogP contribution in [0.5, 0.6) is 0 Å². The summed E-state index contributed by atoms with van der Waals surface area (Å²) in [5.74, 6) is 0.0436. The Labute approximate surface area is 133 Å². The zero-order valence-electron chi connectivity index (χ0n) is 14.3. The molecule has 2 rings (SSSR count). The molecule has 0 unspecified atom stereocenters. The SMILES string of the molecule is CON(C)C(=O)C1(C(C)(C)C)CC(OCc2ccccc2)C1. The number of nitrogens with zero attached hydrogens (tertiary/aromatic N) is 1. The molecule has 4 nitrogen and oxygen atoms in total. The molecular formula is C18H27NO3. The van der Waals surface area contributed by atoms with Crippen LogP contribution < -0.4 is 0 Å². The van der Waals surface area contributed by atoms with E-state index in [0.717, 1.165) is 18.4 Å². The Morgan fingerprint density at radius 2 is 1.86 bits per heavy atom. The predicted molar refractivity (Wildman–Crippen MR) is 85.9 cm³/mol. The van der Waals surface area contributed by atoms with E-state index in [2.05, 4.69) is 32.9 Å². The number of amides is 1. The number of ether oxygens (including phenoxy) is 1. The van der Waals surface area contributed by atoms with Gasteiger partial charge in [-0.2, -0.15) is 0 Å². The molecule has 0 atom stereocenters. The van der Waals surface area contributed by atoms with Crippen LogP contribution in [0, 0.1) is 10.8 Å². The second kappa shape index (κ2) is 6.39. The van der Waals surface area contributed by atoms with E-state index in [9.17, 15) is 4.79 Å². The quantitative estimate of drug-likeness (QED) is 0.782. The number of carbonyl (C=O) groups is 1. The van der Waals surface area contributed by atoms with Gasteiger partial charge in [0.05, 0.1) is 25.2 Å². The van der Waals surface area contributed by atoms with Crippen molar-refractivity contribution in [2.75, 3.05) is 14.2 Å². The third-order valence-electron chi connectivity index (χ3n) is 4.89. The number of rotatable bonds is 5. The van der Waals surface area contributed by atoms with Crippen LogP contribution in [-0.4, -0.2) is 31.2 Å². The summed E-state index contributed by atoms with van der Waals surface area (Å²) in [5.41, 5.74) is 0.638. The molecular weight excluding hydrogens is 278 g/mol. The Morgan fingerprint density at radius 1 is 1.27 bits per heavy atom. The van der Waals surface area contributed by atoms with Crippen molar-refractivity contribution in [2.45, 2.75) is 46.3 Å². The van der Waals surface area contributed by atoms with Gasteiger partial charge in [0, 0.05) is 7.05 Å². The first kappa shape index (κ1) is 17.0. The second-order valence-corrected chi connectivity index (χ2v) is 7.14. The van der Waals surface area contributed by atoms with Gasteiger partial charge in [0.25, 0.3) is 5.91 Å². The van der Waals surface area contributed by atoms with E-state index in [-0.39, 0.29) is 17.4 Å². The average molecular weight is 305 g/mol. The van der Waals surface area contributed by atoms with Gasteiger partial charge in [-0.1, -0.05) is 51.1 Å². The van der Waals surface area contributed by atoms with Crippen molar-refractivity contribution in [2.24, 2.45) is 10.8 Å². The summed E-state index contributed by atoms with van der Waals surface area (Å²) in [7, 11) is 3.20.